The Morgan fingerprint density at radius 1 is 1.25 bits per heavy atom. The summed E-state index contributed by atoms with van der Waals surface area (Å²) in [5.74, 6) is 0. The van der Waals surface area contributed by atoms with Gasteiger partial charge < -0.3 is 9.05 Å². The van der Waals surface area contributed by atoms with Gasteiger partial charge >= 0.3 is 7.60 Å². The molecule has 0 bridgehead atoms. The molecular formula is C15H25O6PS2. The smallest absolute Gasteiger partial charge is 0.307 e. The molecule has 9 heteroatoms. The molecule has 0 spiro atoms. The third-order valence-electron chi connectivity index (χ3n) is 2.97. The van der Waals surface area contributed by atoms with Gasteiger partial charge in [0.2, 0.25) is 0 Å². The third kappa shape index (κ3) is 5.86. The van der Waals surface area contributed by atoms with Gasteiger partial charge in [-0.25, -0.2) is 0 Å². The zero-order chi connectivity index (χ0) is 18.4. The van der Waals surface area contributed by atoms with Gasteiger partial charge in [0.25, 0.3) is 10.1 Å². The van der Waals surface area contributed by atoms with Crippen LogP contribution in [0, 0.1) is 0 Å². The lowest BCUT2D eigenvalue weighted by Crippen LogP contribution is -2.14. The molecule has 0 saturated carbocycles. The van der Waals surface area contributed by atoms with Gasteiger partial charge in [-0.05, 0) is 45.1 Å². The highest BCUT2D eigenvalue weighted by Crippen LogP contribution is 2.50. The number of hydrogen-bond donors (Lipinski definition) is 0. The Morgan fingerprint density at radius 2 is 1.92 bits per heavy atom. The second kappa shape index (κ2) is 9.36. The van der Waals surface area contributed by atoms with Crippen molar-refractivity contribution in [3.05, 3.63) is 23.8 Å². The second-order valence-electron chi connectivity index (χ2n) is 5.19. The maximum Gasteiger partial charge on any atom is 0.357 e. The minimum atomic E-state index is -4.09. The van der Waals surface area contributed by atoms with Crippen molar-refractivity contribution >= 4 is 29.5 Å². The molecule has 0 N–H and O–H groups in total. The van der Waals surface area contributed by atoms with Crippen molar-refractivity contribution in [3.8, 4) is 0 Å². The van der Waals surface area contributed by atoms with Crippen molar-refractivity contribution in [3.63, 3.8) is 0 Å². The molecule has 0 aromatic heterocycles. The molecule has 0 fully saturated rings. The SMILES string of the molecule is CCOP(=O)(COS(=O)(=O)c1c(CC)cccc1SC)OC(C)C. The van der Waals surface area contributed by atoms with E-state index < -0.39 is 24.1 Å². The molecule has 1 unspecified atom stereocenters. The first-order valence-corrected chi connectivity index (χ1v) is 12.0. The van der Waals surface area contributed by atoms with Gasteiger partial charge in [-0.3, -0.25) is 8.75 Å². The van der Waals surface area contributed by atoms with Crippen LogP contribution in [-0.4, -0.2) is 33.7 Å². The fourth-order valence-corrected chi connectivity index (χ4v) is 6.45. The number of thioether (sulfide) groups is 1. The Bertz CT molecular complexity index is 665. The number of hydrogen-bond acceptors (Lipinski definition) is 7. The average Bonchev–Trinajstić information content (AvgIpc) is 2.51. The van der Waals surface area contributed by atoms with Crippen molar-refractivity contribution in [2.24, 2.45) is 0 Å². The molecule has 1 aromatic carbocycles. The highest BCUT2D eigenvalue weighted by Gasteiger charge is 2.31. The molecular weight excluding hydrogens is 371 g/mol. The molecule has 0 radical (unpaired) electrons. The monoisotopic (exact) mass is 396 g/mol. The van der Waals surface area contributed by atoms with Crippen LogP contribution in [0.25, 0.3) is 0 Å². The van der Waals surface area contributed by atoms with Crippen LogP contribution in [0.1, 0.15) is 33.3 Å². The van der Waals surface area contributed by atoms with Crippen LogP contribution < -0.4 is 0 Å². The summed E-state index contributed by atoms with van der Waals surface area (Å²) in [5, 5.41) is 0. The van der Waals surface area contributed by atoms with Crippen LogP contribution in [0.3, 0.4) is 0 Å². The van der Waals surface area contributed by atoms with Gasteiger partial charge in [0.15, 0.2) is 6.35 Å². The lowest BCUT2D eigenvalue weighted by Gasteiger charge is -2.20. The topological polar surface area (TPSA) is 78.9 Å². The van der Waals surface area contributed by atoms with Crippen LogP contribution in [0.5, 0.6) is 0 Å². The fraction of sp³-hybridized carbons (Fsp3) is 0.600. The zero-order valence-electron chi connectivity index (χ0n) is 14.6. The Kier molecular flexibility index (Phi) is 8.45. The second-order valence-corrected chi connectivity index (χ2v) is 9.54. The molecule has 0 aliphatic heterocycles. The van der Waals surface area contributed by atoms with Gasteiger partial charge in [-0.2, -0.15) is 8.42 Å². The van der Waals surface area contributed by atoms with Gasteiger partial charge in [0.1, 0.15) is 4.90 Å². The Labute approximate surface area is 148 Å². The first kappa shape index (κ1) is 21.7. The zero-order valence-corrected chi connectivity index (χ0v) is 17.2. The van der Waals surface area contributed by atoms with Crippen LogP contribution in [0.4, 0.5) is 0 Å². The van der Waals surface area contributed by atoms with Crippen molar-refractivity contribution in [2.45, 2.75) is 50.0 Å². The largest absolute Gasteiger partial charge is 0.357 e. The molecule has 1 atom stereocenters. The summed E-state index contributed by atoms with van der Waals surface area (Å²) in [7, 11) is -7.73. The summed E-state index contributed by atoms with van der Waals surface area (Å²) in [6.45, 7) is 7.04. The molecule has 0 aliphatic rings. The fourth-order valence-electron chi connectivity index (χ4n) is 2.09. The van der Waals surface area contributed by atoms with E-state index in [0.29, 0.717) is 16.9 Å². The molecule has 138 valence electrons. The number of aryl methyl sites for hydroxylation is 1. The maximum atomic E-state index is 12.7. The molecule has 1 aromatic rings. The first-order chi connectivity index (χ1) is 11.2. The van der Waals surface area contributed by atoms with Crippen molar-refractivity contribution in [1.82, 2.24) is 0 Å². The van der Waals surface area contributed by atoms with E-state index in [2.05, 4.69) is 0 Å². The van der Waals surface area contributed by atoms with Gasteiger partial charge in [0.05, 0.1) is 12.7 Å². The van der Waals surface area contributed by atoms with Crippen LogP contribution in [-0.2, 0) is 34.3 Å². The third-order valence-corrected chi connectivity index (χ3v) is 7.31. The predicted octanol–water partition coefficient (Wildman–Crippen LogP) is 4.29. The highest BCUT2D eigenvalue weighted by molar-refractivity contribution is 7.99. The van der Waals surface area contributed by atoms with E-state index in [4.69, 9.17) is 13.2 Å². The maximum absolute atomic E-state index is 12.7. The molecule has 0 amide bonds. The summed E-state index contributed by atoms with van der Waals surface area (Å²) < 4.78 is 53.3. The van der Waals surface area contributed by atoms with Crippen LogP contribution in [0.2, 0.25) is 0 Å². The van der Waals surface area contributed by atoms with E-state index in [-0.39, 0.29) is 17.6 Å². The molecule has 6 nitrogen and oxygen atoms in total. The normalized spacial score (nSPS) is 14.8. The summed E-state index contributed by atoms with van der Waals surface area (Å²) in [6.07, 6.45) is 1.31. The Balaban J connectivity index is 3.12. The van der Waals surface area contributed by atoms with Gasteiger partial charge in [-0.15, -0.1) is 11.8 Å². The van der Waals surface area contributed by atoms with Gasteiger partial charge in [0, 0.05) is 4.90 Å². The Morgan fingerprint density at radius 3 is 2.42 bits per heavy atom. The van der Waals surface area contributed by atoms with Gasteiger partial charge in [-0.1, -0.05) is 19.1 Å². The van der Waals surface area contributed by atoms with E-state index in [1.165, 1.54) is 11.8 Å². The summed E-state index contributed by atoms with van der Waals surface area (Å²) in [6, 6.07) is 5.26. The van der Waals surface area contributed by atoms with Crippen molar-refractivity contribution < 1.29 is 26.2 Å². The predicted molar refractivity (Wildman–Crippen MR) is 96.2 cm³/mol. The first-order valence-electron chi connectivity index (χ1n) is 7.66. The lowest BCUT2D eigenvalue weighted by molar-refractivity contribution is 0.158. The molecule has 0 heterocycles. The van der Waals surface area contributed by atoms with E-state index >= 15 is 0 Å². The van der Waals surface area contributed by atoms with Crippen molar-refractivity contribution in [1.29, 1.82) is 0 Å². The van der Waals surface area contributed by atoms with E-state index in [0.717, 1.165) is 0 Å². The molecule has 24 heavy (non-hydrogen) atoms. The van der Waals surface area contributed by atoms with E-state index in [1.54, 1.807) is 45.2 Å². The minimum Gasteiger partial charge on any atom is -0.307 e. The minimum absolute atomic E-state index is 0.118. The van der Waals surface area contributed by atoms with Crippen molar-refractivity contribution in [2.75, 3.05) is 19.2 Å². The molecule has 1 rings (SSSR count). The Hall–Kier alpha value is -0.370. The summed E-state index contributed by atoms with van der Waals surface area (Å²) in [4.78, 5) is 0.706. The summed E-state index contributed by atoms with van der Waals surface area (Å²) >= 11 is 1.32. The number of rotatable bonds is 10. The molecule has 0 saturated heterocycles. The molecule has 0 aliphatic carbocycles. The lowest BCUT2D eigenvalue weighted by atomic mass is 10.2. The number of benzene rings is 1. The highest BCUT2D eigenvalue weighted by atomic mass is 32.2. The standard InChI is InChI=1S/C15H25O6PS2/c1-6-13-9-8-10-14(23-5)15(13)24(17,18)20-11-22(16,19-7-2)21-12(3)4/h8-10,12H,6-7,11H2,1-5H3. The van der Waals surface area contributed by atoms with E-state index in [1.807, 2.05) is 6.92 Å². The van der Waals surface area contributed by atoms with Crippen LogP contribution >= 0.6 is 19.4 Å². The average molecular weight is 396 g/mol. The van der Waals surface area contributed by atoms with E-state index in [9.17, 15) is 13.0 Å². The van der Waals surface area contributed by atoms with Crippen LogP contribution in [0.15, 0.2) is 28.0 Å². The summed E-state index contributed by atoms with van der Waals surface area (Å²) in [5.41, 5.74) is 0.651. The quantitative estimate of drug-likeness (QED) is 0.332.